The molecule has 1 aromatic heterocycles. The van der Waals surface area contributed by atoms with Gasteiger partial charge in [-0.05, 0) is 17.9 Å². The van der Waals surface area contributed by atoms with Crippen LogP contribution in [-0.4, -0.2) is 36.2 Å². The Hall–Kier alpha value is -1.40. The Morgan fingerprint density at radius 3 is 3.06 bits per heavy atom. The molecular weight excluding hydrogens is 254 g/mol. The van der Waals surface area contributed by atoms with Gasteiger partial charge in [-0.15, -0.1) is 11.3 Å². The molecule has 1 fully saturated rings. The van der Waals surface area contributed by atoms with E-state index in [0.717, 1.165) is 4.88 Å². The van der Waals surface area contributed by atoms with Gasteiger partial charge in [0.1, 0.15) is 0 Å². The van der Waals surface area contributed by atoms with Crippen LogP contribution in [-0.2, 0) is 20.7 Å². The van der Waals surface area contributed by atoms with Crippen LogP contribution in [0.25, 0.3) is 0 Å². The molecule has 1 amide bonds. The van der Waals surface area contributed by atoms with Gasteiger partial charge in [0, 0.05) is 23.9 Å². The maximum atomic E-state index is 11.7. The number of aliphatic carboxylic acids is 1. The summed E-state index contributed by atoms with van der Waals surface area (Å²) in [7, 11) is 0. The Bertz CT molecular complexity index is 418. The molecule has 0 bridgehead atoms. The second-order valence-electron chi connectivity index (χ2n) is 4.24. The van der Waals surface area contributed by atoms with Crippen molar-refractivity contribution in [3.8, 4) is 0 Å². The van der Waals surface area contributed by atoms with Gasteiger partial charge in [0.2, 0.25) is 5.91 Å². The predicted molar refractivity (Wildman–Crippen MR) is 66.5 cm³/mol. The summed E-state index contributed by atoms with van der Waals surface area (Å²) >= 11 is 1.54. The fraction of sp³-hybridized carbons (Fsp3) is 0.500. The summed E-state index contributed by atoms with van der Waals surface area (Å²) in [5.74, 6) is -1.16. The highest BCUT2D eigenvalue weighted by Crippen LogP contribution is 2.20. The fourth-order valence-corrected chi connectivity index (χ4v) is 2.70. The van der Waals surface area contributed by atoms with Crippen molar-refractivity contribution in [2.75, 3.05) is 13.2 Å². The lowest BCUT2D eigenvalue weighted by Gasteiger charge is -2.14. The Morgan fingerprint density at radius 2 is 2.39 bits per heavy atom. The van der Waals surface area contributed by atoms with Crippen LogP contribution in [0.4, 0.5) is 0 Å². The first-order valence-corrected chi connectivity index (χ1v) is 6.68. The number of nitrogens with one attached hydrogen (secondary N) is 1. The van der Waals surface area contributed by atoms with Crippen molar-refractivity contribution in [3.05, 3.63) is 22.4 Å². The topological polar surface area (TPSA) is 75.6 Å². The summed E-state index contributed by atoms with van der Waals surface area (Å²) in [6.07, 6.45) is 0.242. The number of thiophene rings is 1. The van der Waals surface area contributed by atoms with Crippen molar-refractivity contribution in [1.29, 1.82) is 0 Å². The van der Waals surface area contributed by atoms with Crippen LogP contribution in [0.1, 0.15) is 11.3 Å². The Balaban J connectivity index is 1.77. The Labute approximate surface area is 109 Å². The van der Waals surface area contributed by atoms with Crippen molar-refractivity contribution in [2.45, 2.75) is 18.9 Å². The van der Waals surface area contributed by atoms with Crippen molar-refractivity contribution < 1.29 is 19.4 Å². The standard InChI is InChI=1S/C12H15NO4S/c14-10(6-9-2-1-5-18-9)13-7-8-3-4-17-11(8)12(15)16/h1-2,5,8,11H,3-4,6-7H2,(H,13,14)(H,15,16)/t8-,11-/m1/s1. The van der Waals surface area contributed by atoms with Crippen molar-refractivity contribution >= 4 is 23.2 Å². The number of carboxylic acids is 1. The second-order valence-corrected chi connectivity index (χ2v) is 5.27. The monoisotopic (exact) mass is 269 g/mol. The molecule has 0 radical (unpaired) electrons. The van der Waals surface area contributed by atoms with E-state index < -0.39 is 12.1 Å². The molecule has 1 saturated heterocycles. The van der Waals surface area contributed by atoms with Gasteiger partial charge in [-0.1, -0.05) is 6.07 Å². The zero-order valence-electron chi connectivity index (χ0n) is 9.80. The van der Waals surface area contributed by atoms with E-state index in [0.29, 0.717) is 26.0 Å². The highest BCUT2D eigenvalue weighted by atomic mass is 32.1. The third-order valence-corrected chi connectivity index (χ3v) is 3.81. The highest BCUT2D eigenvalue weighted by Gasteiger charge is 2.34. The molecule has 1 aliphatic heterocycles. The number of ether oxygens (including phenoxy) is 1. The smallest absolute Gasteiger partial charge is 0.333 e. The zero-order chi connectivity index (χ0) is 13.0. The summed E-state index contributed by atoms with van der Waals surface area (Å²) in [5.41, 5.74) is 0. The van der Waals surface area contributed by atoms with Crippen molar-refractivity contribution in [3.63, 3.8) is 0 Å². The normalized spacial score (nSPS) is 22.9. The van der Waals surface area contributed by atoms with E-state index >= 15 is 0 Å². The van der Waals surface area contributed by atoms with Gasteiger partial charge in [0.15, 0.2) is 6.10 Å². The van der Waals surface area contributed by atoms with Crippen LogP contribution >= 0.6 is 11.3 Å². The quantitative estimate of drug-likeness (QED) is 0.832. The summed E-state index contributed by atoms with van der Waals surface area (Å²) in [5, 5.41) is 13.6. The third kappa shape index (κ3) is 3.30. The van der Waals surface area contributed by atoms with Crippen LogP contribution in [0.2, 0.25) is 0 Å². The first-order valence-electron chi connectivity index (χ1n) is 5.80. The van der Waals surface area contributed by atoms with Gasteiger partial charge in [0.05, 0.1) is 6.42 Å². The fourth-order valence-electron chi connectivity index (χ4n) is 1.99. The molecule has 2 N–H and O–H groups in total. The van der Waals surface area contributed by atoms with E-state index in [1.54, 1.807) is 0 Å². The SMILES string of the molecule is O=C(Cc1cccs1)NC[C@H]1CCO[C@H]1C(=O)O. The van der Waals surface area contributed by atoms with Gasteiger partial charge in [-0.25, -0.2) is 4.79 Å². The molecule has 0 aromatic carbocycles. The molecule has 0 aliphatic carbocycles. The molecule has 0 spiro atoms. The Kier molecular flexibility index (Phi) is 4.33. The summed E-state index contributed by atoms with van der Waals surface area (Å²) in [6, 6.07) is 3.81. The summed E-state index contributed by atoms with van der Waals surface area (Å²) in [4.78, 5) is 23.5. The van der Waals surface area contributed by atoms with Gasteiger partial charge in [-0.2, -0.15) is 0 Å². The summed E-state index contributed by atoms with van der Waals surface area (Å²) in [6.45, 7) is 0.809. The maximum absolute atomic E-state index is 11.7. The number of carbonyl (C=O) groups excluding carboxylic acids is 1. The lowest BCUT2D eigenvalue weighted by molar-refractivity contribution is -0.149. The number of carbonyl (C=O) groups is 2. The lowest BCUT2D eigenvalue weighted by atomic mass is 10.0. The van der Waals surface area contributed by atoms with Crippen LogP contribution < -0.4 is 5.32 Å². The average Bonchev–Trinajstić information content (AvgIpc) is 2.96. The minimum absolute atomic E-state index is 0.0755. The van der Waals surface area contributed by atoms with Gasteiger partial charge >= 0.3 is 5.97 Å². The maximum Gasteiger partial charge on any atom is 0.333 e. The van der Waals surface area contributed by atoms with Crippen LogP contribution in [0.3, 0.4) is 0 Å². The lowest BCUT2D eigenvalue weighted by Crippen LogP contribution is -2.36. The number of amides is 1. The molecule has 98 valence electrons. The van der Waals surface area contributed by atoms with E-state index in [-0.39, 0.29) is 11.8 Å². The number of hydrogen-bond donors (Lipinski definition) is 2. The second kappa shape index (κ2) is 5.97. The Morgan fingerprint density at radius 1 is 1.56 bits per heavy atom. The van der Waals surface area contributed by atoms with E-state index in [2.05, 4.69) is 5.32 Å². The number of carboxylic acid groups (broad SMARTS) is 1. The van der Waals surface area contributed by atoms with E-state index in [1.807, 2.05) is 17.5 Å². The minimum atomic E-state index is -0.954. The molecule has 1 aromatic rings. The highest BCUT2D eigenvalue weighted by molar-refractivity contribution is 7.10. The minimum Gasteiger partial charge on any atom is -0.479 e. The molecule has 18 heavy (non-hydrogen) atoms. The third-order valence-electron chi connectivity index (χ3n) is 2.93. The molecule has 2 rings (SSSR count). The van der Waals surface area contributed by atoms with Gasteiger partial charge < -0.3 is 15.2 Å². The van der Waals surface area contributed by atoms with Gasteiger partial charge in [0.25, 0.3) is 0 Å². The number of hydrogen-bond acceptors (Lipinski definition) is 4. The molecule has 2 atom stereocenters. The first-order chi connectivity index (χ1) is 8.66. The van der Waals surface area contributed by atoms with Crippen LogP contribution in [0.15, 0.2) is 17.5 Å². The first kappa shape index (κ1) is 13.0. The molecule has 0 saturated carbocycles. The van der Waals surface area contributed by atoms with E-state index in [9.17, 15) is 9.59 Å². The molecule has 2 heterocycles. The van der Waals surface area contributed by atoms with Crippen molar-refractivity contribution in [1.82, 2.24) is 5.32 Å². The molecular formula is C12H15NO4S. The largest absolute Gasteiger partial charge is 0.479 e. The molecule has 5 nitrogen and oxygen atoms in total. The molecule has 0 unspecified atom stereocenters. The molecule has 6 heteroatoms. The van der Waals surface area contributed by atoms with E-state index in [4.69, 9.17) is 9.84 Å². The average molecular weight is 269 g/mol. The van der Waals surface area contributed by atoms with Gasteiger partial charge in [-0.3, -0.25) is 4.79 Å². The van der Waals surface area contributed by atoms with Crippen LogP contribution in [0.5, 0.6) is 0 Å². The van der Waals surface area contributed by atoms with E-state index in [1.165, 1.54) is 11.3 Å². The number of rotatable bonds is 5. The zero-order valence-corrected chi connectivity index (χ0v) is 10.6. The van der Waals surface area contributed by atoms with Crippen LogP contribution in [0, 0.1) is 5.92 Å². The molecule has 1 aliphatic rings. The van der Waals surface area contributed by atoms with Crippen molar-refractivity contribution in [2.24, 2.45) is 5.92 Å². The predicted octanol–water partition coefficient (Wildman–Crippen LogP) is 0.896. The summed E-state index contributed by atoms with van der Waals surface area (Å²) < 4.78 is 5.12.